The number of hydrogen-bond acceptors (Lipinski definition) is 6. The van der Waals surface area contributed by atoms with Crippen LogP contribution in [0.5, 0.6) is 11.5 Å². The lowest BCUT2D eigenvalue weighted by molar-refractivity contribution is 0.436. The van der Waals surface area contributed by atoms with Crippen molar-refractivity contribution in [2.45, 2.75) is 17.8 Å². The molecule has 7 heteroatoms. The fourth-order valence-corrected chi connectivity index (χ4v) is 19.9. The van der Waals surface area contributed by atoms with Gasteiger partial charge in [-0.15, -0.1) is 22.7 Å². The molecule has 0 radical (unpaired) electrons. The van der Waals surface area contributed by atoms with Crippen molar-refractivity contribution >= 4 is 131 Å². The highest BCUT2D eigenvalue weighted by Crippen LogP contribution is 2.65. The number of para-hydroxylation sites is 3. The van der Waals surface area contributed by atoms with Crippen LogP contribution in [0.3, 0.4) is 0 Å². The lowest BCUT2D eigenvalue weighted by Gasteiger charge is -2.40. The molecule has 500 valence electrons. The Morgan fingerprint density at radius 3 is 1.40 bits per heavy atom. The lowest BCUT2D eigenvalue weighted by Crippen LogP contribution is -2.32. The molecule has 0 saturated carbocycles. The zero-order chi connectivity index (χ0) is 70.0. The molecule has 3 aromatic heterocycles. The number of ether oxygens (including phenoxy) is 1. The molecular formula is C99H63ClN2O2S2. The number of thiophene rings is 2. The summed E-state index contributed by atoms with van der Waals surface area (Å²) in [6.45, 7) is 0. The van der Waals surface area contributed by atoms with Crippen LogP contribution in [0, 0.1) is 0 Å². The molecule has 106 heavy (non-hydrogen) atoms. The predicted molar refractivity (Wildman–Crippen MR) is 446 cm³/mol. The second-order valence-corrected chi connectivity index (χ2v) is 30.4. The Bertz CT molecular complexity index is 6420. The third-order valence-electron chi connectivity index (χ3n) is 21.9. The van der Waals surface area contributed by atoms with E-state index in [0.717, 1.165) is 141 Å². The van der Waals surface area contributed by atoms with E-state index < -0.39 is 5.41 Å². The molecule has 1 aliphatic carbocycles. The van der Waals surface area contributed by atoms with E-state index in [2.05, 4.69) is 374 Å². The number of rotatable bonds is 13. The van der Waals surface area contributed by atoms with E-state index in [1.165, 1.54) is 57.0 Å². The Balaban J connectivity index is 0.844. The SMILES string of the molecule is Clc1ccc2c(c1)-c1c(C(Cc3ccccc3)c3cc(-c4ccccc4)c4oc5ccccc5c4c3)cccc1C21c2ccc(N(c3ccccc3)c3cc(-c4ccccc4)cc4sc5ccccc5c34)cc2Oc2cc(N(c3ccccc3)c3cc(-c4ccccc4)cc4sc5ccccc5c34)ccc21. The first-order chi connectivity index (χ1) is 52.4. The second-order valence-electron chi connectivity index (χ2n) is 27.8. The van der Waals surface area contributed by atoms with Crippen LogP contribution in [0.15, 0.2) is 368 Å². The number of benzene rings is 16. The summed E-state index contributed by atoms with van der Waals surface area (Å²) in [6.07, 6.45) is 0.722. The highest BCUT2D eigenvalue weighted by molar-refractivity contribution is 7.26. The van der Waals surface area contributed by atoms with Gasteiger partial charge in [-0.2, -0.15) is 0 Å². The maximum absolute atomic E-state index is 7.98. The molecule has 0 saturated heterocycles. The van der Waals surface area contributed by atoms with Crippen LogP contribution in [0.2, 0.25) is 5.02 Å². The van der Waals surface area contributed by atoms with E-state index in [0.29, 0.717) is 5.02 Å². The molecule has 0 fully saturated rings. The molecule has 0 bridgehead atoms. The Morgan fingerprint density at radius 2 is 0.830 bits per heavy atom. The maximum Gasteiger partial charge on any atom is 0.143 e. The zero-order valence-corrected chi connectivity index (χ0v) is 59.7. The zero-order valence-electron chi connectivity index (χ0n) is 57.3. The Morgan fingerprint density at radius 1 is 0.340 bits per heavy atom. The predicted octanol–water partition coefficient (Wildman–Crippen LogP) is 28.8. The molecule has 1 spiro atoms. The van der Waals surface area contributed by atoms with Gasteiger partial charge in [-0.3, -0.25) is 0 Å². The summed E-state index contributed by atoms with van der Waals surface area (Å²) in [7, 11) is 0. The summed E-state index contributed by atoms with van der Waals surface area (Å²) in [4.78, 5) is 4.91. The van der Waals surface area contributed by atoms with Gasteiger partial charge >= 0.3 is 0 Å². The van der Waals surface area contributed by atoms with Gasteiger partial charge in [0.2, 0.25) is 0 Å². The standard InChI is InChI=1S/C99H63ClN2O2S2/c100-69-46-49-82-81(59-69)95-75(78(52-62-26-7-1-8-27-62)68-53-79(65-32-13-4-14-33-65)98-80(54-68)74-38-19-22-43-88(74)104-98)41-25-42-85(95)99(82)83-50-47-72(101(70-34-15-5-16-35-70)86-55-66(63-28-9-2-10-29-63)57-93-96(86)76-39-20-23-44-91(76)105-93)60-89(83)103-90-61-73(48-51-84(90)99)102(71-36-17-6-18-37-71)87-56-67(64-30-11-3-12-31-64)58-94-97(87)77-40-21-24-45-92(77)106-94/h1-51,53-61,78H,52H2. The molecular weight excluding hydrogens is 1350 g/mol. The van der Waals surface area contributed by atoms with Gasteiger partial charge in [-0.05, 0) is 176 Å². The highest BCUT2D eigenvalue weighted by atomic mass is 35.5. The van der Waals surface area contributed by atoms with Gasteiger partial charge in [-0.25, -0.2) is 0 Å². The monoisotopic (exact) mass is 1410 g/mol. The fraction of sp³-hybridized carbons (Fsp3) is 0.0303. The van der Waals surface area contributed by atoms with E-state index in [1.807, 2.05) is 22.7 Å². The number of anilines is 6. The van der Waals surface area contributed by atoms with Crippen molar-refractivity contribution in [1.82, 2.24) is 0 Å². The first kappa shape index (κ1) is 62.1. The van der Waals surface area contributed by atoms with Crippen molar-refractivity contribution in [3.05, 3.63) is 408 Å². The van der Waals surface area contributed by atoms with Crippen LogP contribution in [0.4, 0.5) is 34.1 Å². The first-order valence-corrected chi connectivity index (χ1v) is 38.1. The van der Waals surface area contributed by atoms with E-state index in [4.69, 9.17) is 20.8 Å². The summed E-state index contributed by atoms with van der Waals surface area (Å²) in [6, 6.07) is 133. The minimum Gasteiger partial charge on any atom is -0.457 e. The van der Waals surface area contributed by atoms with Crippen molar-refractivity contribution < 1.29 is 9.15 Å². The smallest absolute Gasteiger partial charge is 0.143 e. The Kier molecular flexibility index (Phi) is 14.7. The van der Waals surface area contributed by atoms with Crippen molar-refractivity contribution in [1.29, 1.82) is 0 Å². The van der Waals surface area contributed by atoms with Crippen molar-refractivity contribution in [3.8, 4) is 56.0 Å². The van der Waals surface area contributed by atoms with Crippen LogP contribution >= 0.6 is 34.3 Å². The van der Waals surface area contributed by atoms with Gasteiger partial charge in [0.1, 0.15) is 22.7 Å². The second kappa shape index (κ2) is 25.1. The molecule has 16 aromatic carbocycles. The van der Waals surface area contributed by atoms with Gasteiger partial charge in [0, 0.05) is 114 Å². The van der Waals surface area contributed by atoms with E-state index in [1.54, 1.807) is 0 Å². The van der Waals surface area contributed by atoms with Gasteiger partial charge in [0.05, 0.1) is 16.8 Å². The average Bonchev–Trinajstić information content (AvgIpc) is 1.49. The normalized spacial score (nSPS) is 12.9. The molecule has 1 unspecified atom stereocenters. The lowest BCUT2D eigenvalue weighted by atomic mass is 9.65. The average molecular weight is 1410 g/mol. The summed E-state index contributed by atoms with van der Waals surface area (Å²) in [5.41, 5.74) is 23.9. The molecule has 21 rings (SSSR count). The van der Waals surface area contributed by atoms with Crippen LogP contribution in [-0.4, -0.2) is 0 Å². The van der Waals surface area contributed by atoms with Crippen LogP contribution in [0.25, 0.3) is 107 Å². The van der Waals surface area contributed by atoms with E-state index in [-0.39, 0.29) is 5.92 Å². The largest absolute Gasteiger partial charge is 0.457 e. The Hall–Kier alpha value is -12.6. The van der Waals surface area contributed by atoms with Crippen LogP contribution in [-0.2, 0) is 11.8 Å². The number of nitrogens with zero attached hydrogens (tertiary/aromatic N) is 2. The van der Waals surface area contributed by atoms with Gasteiger partial charge in [-0.1, -0.05) is 260 Å². The number of halogens is 1. The van der Waals surface area contributed by atoms with Gasteiger partial charge < -0.3 is 19.0 Å². The third-order valence-corrected chi connectivity index (χ3v) is 24.4. The summed E-state index contributed by atoms with van der Waals surface area (Å²) in [5.74, 6) is 1.35. The molecule has 1 atom stereocenters. The number of fused-ring (bicyclic) bond motifs is 18. The highest BCUT2D eigenvalue weighted by Gasteiger charge is 2.53. The minimum absolute atomic E-state index is 0.157. The molecule has 4 heterocycles. The van der Waals surface area contributed by atoms with Crippen LogP contribution in [0.1, 0.15) is 44.9 Å². The molecule has 0 amide bonds. The van der Waals surface area contributed by atoms with E-state index in [9.17, 15) is 0 Å². The molecule has 2 aliphatic rings. The molecule has 1 aliphatic heterocycles. The molecule has 19 aromatic rings. The number of hydrogen-bond donors (Lipinski definition) is 0. The summed E-state index contributed by atoms with van der Waals surface area (Å²) < 4.78 is 19.8. The maximum atomic E-state index is 7.98. The van der Waals surface area contributed by atoms with Crippen molar-refractivity contribution in [2.24, 2.45) is 0 Å². The van der Waals surface area contributed by atoms with Crippen LogP contribution < -0.4 is 14.5 Å². The summed E-state index contributed by atoms with van der Waals surface area (Å²) >= 11 is 11.2. The van der Waals surface area contributed by atoms with E-state index >= 15 is 0 Å². The number of furan rings is 1. The summed E-state index contributed by atoms with van der Waals surface area (Å²) in [5, 5.41) is 7.66. The fourth-order valence-electron chi connectivity index (χ4n) is 17.4. The van der Waals surface area contributed by atoms with Gasteiger partial charge in [0.15, 0.2) is 0 Å². The third kappa shape index (κ3) is 10.0. The first-order valence-electron chi connectivity index (χ1n) is 36.1. The topological polar surface area (TPSA) is 28.9 Å². The molecule has 0 N–H and O–H groups in total. The Labute approximate surface area is 626 Å². The quantitative estimate of drug-likeness (QED) is 0.115. The van der Waals surface area contributed by atoms with Gasteiger partial charge in [0.25, 0.3) is 0 Å². The van der Waals surface area contributed by atoms with Crippen molar-refractivity contribution in [3.63, 3.8) is 0 Å². The van der Waals surface area contributed by atoms with Crippen molar-refractivity contribution in [2.75, 3.05) is 9.80 Å². The molecule has 4 nitrogen and oxygen atoms in total. The minimum atomic E-state index is -0.953.